The molecule has 2 saturated heterocycles. The van der Waals surface area contributed by atoms with Gasteiger partial charge in [0.2, 0.25) is 0 Å². The summed E-state index contributed by atoms with van der Waals surface area (Å²) in [4.78, 5) is 2.51. The first-order valence-corrected chi connectivity index (χ1v) is 6.55. The van der Waals surface area contributed by atoms with Crippen molar-refractivity contribution in [1.82, 2.24) is 5.32 Å². The predicted octanol–water partition coefficient (Wildman–Crippen LogP) is 2.16. The first kappa shape index (κ1) is 13.5. The van der Waals surface area contributed by atoms with E-state index >= 15 is 0 Å². The highest BCUT2D eigenvalue weighted by atomic mass is 35.5. The Morgan fingerprint density at radius 2 is 1.78 bits per heavy atom. The number of rotatable bonds is 3. The molecule has 2 heterocycles. The summed E-state index contributed by atoms with van der Waals surface area (Å²) in [5, 5.41) is 3.48. The summed E-state index contributed by atoms with van der Waals surface area (Å²) in [7, 11) is 0. The Hall–Kier alpha value is -0.930. The summed E-state index contributed by atoms with van der Waals surface area (Å²) in [6, 6.07) is 8.51. The van der Waals surface area contributed by atoms with E-state index in [0.29, 0.717) is 0 Å². The zero-order chi connectivity index (χ0) is 11.7. The molecule has 3 rings (SSSR count). The normalized spacial score (nSPS) is 25.7. The Bertz CT molecular complexity index is 370. The van der Waals surface area contributed by atoms with Crippen molar-refractivity contribution in [3.05, 3.63) is 24.3 Å². The largest absolute Gasteiger partial charge is 0.494 e. The summed E-state index contributed by atoms with van der Waals surface area (Å²) in [6.07, 6.45) is 0. The average molecular weight is 269 g/mol. The lowest BCUT2D eigenvalue weighted by atomic mass is 10.0. The molecule has 1 aromatic rings. The van der Waals surface area contributed by atoms with Gasteiger partial charge in [0.05, 0.1) is 6.61 Å². The molecule has 2 aliphatic rings. The van der Waals surface area contributed by atoms with Crippen LogP contribution in [0.25, 0.3) is 0 Å². The fraction of sp³-hybridized carbons (Fsp3) is 0.571. The molecule has 2 unspecified atom stereocenters. The van der Waals surface area contributed by atoms with Gasteiger partial charge in [-0.3, -0.25) is 0 Å². The SMILES string of the molecule is CCOc1ccc(N2CC3CNCC3C2)cc1.Cl. The molecular weight excluding hydrogens is 248 g/mol. The Labute approximate surface area is 115 Å². The van der Waals surface area contributed by atoms with Crippen LogP contribution in [0.1, 0.15) is 6.92 Å². The molecule has 2 fully saturated rings. The second kappa shape index (κ2) is 5.81. The minimum absolute atomic E-state index is 0. The molecule has 0 aliphatic carbocycles. The van der Waals surface area contributed by atoms with Crippen molar-refractivity contribution in [2.24, 2.45) is 11.8 Å². The summed E-state index contributed by atoms with van der Waals surface area (Å²) in [5.74, 6) is 2.67. The Kier molecular flexibility index (Phi) is 4.36. The van der Waals surface area contributed by atoms with E-state index in [1.54, 1.807) is 0 Å². The van der Waals surface area contributed by atoms with E-state index in [-0.39, 0.29) is 12.4 Å². The zero-order valence-electron chi connectivity index (χ0n) is 10.8. The minimum atomic E-state index is 0. The first-order valence-electron chi connectivity index (χ1n) is 6.55. The van der Waals surface area contributed by atoms with E-state index in [0.717, 1.165) is 24.2 Å². The Morgan fingerprint density at radius 1 is 1.17 bits per heavy atom. The van der Waals surface area contributed by atoms with E-state index < -0.39 is 0 Å². The van der Waals surface area contributed by atoms with Crippen LogP contribution < -0.4 is 15.0 Å². The second-order valence-corrected chi connectivity index (χ2v) is 5.01. The van der Waals surface area contributed by atoms with Crippen molar-refractivity contribution in [3.8, 4) is 5.75 Å². The molecule has 2 atom stereocenters. The Balaban J connectivity index is 0.00000120. The number of ether oxygens (including phenoxy) is 1. The van der Waals surface area contributed by atoms with Gasteiger partial charge in [0.25, 0.3) is 0 Å². The average Bonchev–Trinajstić information content (AvgIpc) is 2.90. The van der Waals surface area contributed by atoms with Crippen molar-refractivity contribution in [2.75, 3.05) is 37.7 Å². The number of halogens is 1. The lowest BCUT2D eigenvalue weighted by molar-refractivity contribution is 0.340. The molecule has 0 saturated carbocycles. The highest BCUT2D eigenvalue weighted by molar-refractivity contribution is 5.85. The van der Waals surface area contributed by atoms with Gasteiger partial charge in [-0.15, -0.1) is 12.4 Å². The summed E-state index contributed by atoms with van der Waals surface area (Å²) < 4.78 is 5.47. The van der Waals surface area contributed by atoms with Crippen LogP contribution in [0.2, 0.25) is 0 Å². The molecule has 0 spiro atoms. The topological polar surface area (TPSA) is 24.5 Å². The third-order valence-electron chi connectivity index (χ3n) is 3.90. The summed E-state index contributed by atoms with van der Waals surface area (Å²) in [5.41, 5.74) is 1.34. The molecule has 100 valence electrons. The smallest absolute Gasteiger partial charge is 0.119 e. The fourth-order valence-electron chi connectivity index (χ4n) is 2.99. The molecule has 3 nitrogen and oxygen atoms in total. The van der Waals surface area contributed by atoms with Gasteiger partial charge >= 0.3 is 0 Å². The van der Waals surface area contributed by atoms with E-state index in [4.69, 9.17) is 4.74 Å². The molecular formula is C14H21ClN2O. The fourth-order valence-corrected chi connectivity index (χ4v) is 2.99. The van der Waals surface area contributed by atoms with Gasteiger partial charge in [-0.2, -0.15) is 0 Å². The van der Waals surface area contributed by atoms with Crippen LogP contribution >= 0.6 is 12.4 Å². The van der Waals surface area contributed by atoms with Crippen molar-refractivity contribution >= 4 is 18.1 Å². The van der Waals surface area contributed by atoms with Crippen LogP contribution in [0, 0.1) is 11.8 Å². The minimum Gasteiger partial charge on any atom is -0.494 e. The van der Waals surface area contributed by atoms with Crippen LogP contribution in [0.5, 0.6) is 5.75 Å². The molecule has 0 aromatic heterocycles. The van der Waals surface area contributed by atoms with Crippen LogP contribution in [-0.4, -0.2) is 32.8 Å². The van der Waals surface area contributed by atoms with Crippen LogP contribution in [0.3, 0.4) is 0 Å². The molecule has 18 heavy (non-hydrogen) atoms. The lowest BCUT2D eigenvalue weighted by Gasteiger charge is -2.20. The third kappa shape index (κ3) is 2.57. The maximum Gasteiger partial charge on any atom is 0.119 e. The zero-order valence-corrected chi connectivity index (χ0v) is 11.6. The van der Waals surface area contributed by atoms with E-state index in [1.807, 2.05) is 6.92 Å². The highest BCUT2D eigenvalue weighted by Gasteiger charge is 2.35. The van der Waals surface area contributed by atoms with Gasteiger partial charge in [0.1, 0.15) is 5.75 Å². The van der Waals surface area contributed by atoms with Crippen LogP contribution in [-0.2, 0) is 0 Å². The van der Waals surface area contributed by atoms with E-state index in [2.05, 4.69) is 34.5 Å². The van der Waals surface area contributed by atoms with Gasteiger partial charge in [-0.1, -0.05) is 0 Å². The molecule has 4 heteroatoms. The third-order valence-corrected chi connectivity index (χ3v) is 3.90. The molecule has 0 bridgehead atoms. The summed E-state index contributed by atoms with van der Waals surface area (Å²) in [6.45, 7) is 7.54. The summed E-state index contributed by atoms with van der Waals surface area (Å²) >= 11 is 0. The van der Waals surface area contributed by atoms with Crippen molar-refractivity contribution in [2.45, 2.75) is 6.92 Å². The van der Waals surface area contributed by atoms with Crippen molar-refractivity contribution < 1.29 is 4.74 Å². The molecule has 1 N–H and O–H groups in total. The number of fused-ring (bicyclic) bond motifs is 1. The molecule has 0 amide bonds. The monoisotopic (exact) mass is 268 g/mol. The van der Waals surface area contributed by atoms with Gasteiger partial charge in [0.15, 0.2) is 0 Å². The molecule has 1 aromatic carbocycles. The maximum atomic E-state index is 5.47. The van der Waals surface area contributed by atoms with Gasteiger partial charge in [0, 0.05) is 31.9 Å². The maximum absolute atomic E-state index is 5.47. The molecule has 2 aliphatic heterocycles. The number of anilines is 1. The van der Waals surface area contributed by atoms with Gasteiger partial charge in [-0.05, 0) is 43.0 Å². The Morgan fingerprint density at radius 3 is 2.33 bits per heavy atom. The molecule has 0 radical (unpaired) electrons. The van der Waals surface area contributed by atoms with Crippen molar-refractivity contribution in [3.63, 3.8) is 0 Å². The standard InChI is InChI=1S/C14H20N2O.ClH/c1-2-17-14-5-3-13(4-6-14)16-9-11-7-15-8-12(11)10-16;/h3-6,11-12,15H,2,7-10H2,1H3;1H. The second-order valence-electron chi connectivity index (χ2n) is 5.01. The lowest BCUT2D eigenvalue weighted by Crippen LogP contribution is -2.25. The predicted molar refractivity (Wildman–Crippen MR) is 76.9 cm³/mol. The number of nitrogens with zero attached hydrogens (tertiary/aromatic N) is 1. The van der Waals surface area contributed by atoms with Gasteiger partial charge in [-0.25, -0.2) is 0 Å². The van der Waals surface area contributed by atoms with E-state index in [9.17, 15) is 0 Å². The number of benzene rings is 1. The number of nitrogens with one attached hydrogen (secondary N) is 1. The van der Waals surface area contributed by atoms with Crippen LogP contribution in [0.4, 0.5) is 5.69 Å². The van der Waals surface area contributed by atoms with E-state index in [1.165, 1.54) is 31.9 Å². The number of hydrogen-bond donors (Lipinski definition) is 1. The van der Waals surface area contributed by atoms with Crippen molar-refractivity contribution in [1.29, 1.82) is 0 Å². The van der Waals surface area contributed by atoms with Gasteiger partial charge < -0.3 is 15.0 Å². The highest BCUT2D eigenvalue weighted by Crippen LogP contribution is 2.31. The number of hydrogen-bond acceptors (Lipinski definition) is 3. The first-order chi connectivity index (χ1) is 8.36. The van der Waals surface area contributed by atoms with Crippen LogP contribution in [0.15, 0.2) is 24.3 Å². The quantitative estimate of drug-likeness (QED) is 0.909.